The highest BCUT2D eigenvalue weighted by molar-refractivity contribution is 7.91. The molecule has 44 heavy (non-hydrogen) atoms. The van der Waals surface area contributed by atoms with Crippen LogP contribution in [0.25, 0.3) is 11.1 Å². The topological polar surface area (TPSA) is 66.8 Å². The van der Waals surface area contributed by atoms with Crippen molar-refractivity contribution >= 4 is 21.4 Å². The molecule has 7 heteroatoms. The molecule has 0 amide bonds. The Hall–Kier alpha value is -3.94. The van der Waals surface area contributed by atoms with Crippen molar-refractivity contribution in [2.24, 2.45) is 0 Å². The number of rotatable bonds is 13. The van der Waals surface area contributed by atoms with Gasteiger partial charge in [0.1, 0.15) is 12.4 Å². The smallest absolute Gasteiger partial charge is 0.206 e. The van der Waals surface area contributed by atoms with Crippen LogP contribution in [-0.2, 0) is 22.8 Å². The molecular formula is C37H36ClNO4S. The first-order valence-corrected chi connectivity index (χ1v) is 16.6. The number of sulfone groups is 1. The minimum atomic E-state index is -3.70. The van der Waals surface area contributed by atoms with Crippen molar-refractivity contribution in [1.29, 1.82) is 0 Å². The Balaban J connectivity index is 1.24. The van der Waals surface area contributed by atoms with Crippen molar-refractivity contribution in [3.8, 4) is 16.9 Å². The highest BCUT2D eigenvalue weighted by Crippen LogP contribution is 2.30. The number of nitrogens with zero attached hydrogens (tertiary/aromatic N) is 1. The van der Waals surface area contributed by atoms with Crippen molar-refractivity contribution in [2.75, 3.05) is 19.7 Å². The highest BCUT2D eigenvalue weighted by Gasteiger charge is 2.20. The summed E-state index contributed by atoms with van der Waals surface area (Å²) in [5, 5.41) is 11.5. The molecule has 0 fully saturated rings. The Bertz CT molecular complexity index is 1760. The monoisotopic (exact) mass is 625 g/mol. The van der Waals surface area contributed by atoms with Crippen molar-refractivity contribution in [1.82, 2.24) is 4.90 Å². The summed E-state index contributed by atoms with van der Waals surface area (Å²) in [5.41, 5.74) is 4.98. The summed E-state index contributed by atoms with van der Waals surface area (Å²) < 4.78 is 33.0. The number of aryl methyl sites for hydroxylation is 1. The maximum absolute atomic E-state index is 13.5. The van der Waals surface area contributed by atoms with Crippen LogP contribution < -0.4 is 4.74 Å². The van der Waals surface area contributed by atoms with Gasteiger partial charge in [-0.05, 0) is 82.8 Å². The largest absolute Gasteiger partial charge is 0.492 e. The second-order valence-corrected chi connectivity index (χ2v) is 13.0. The van der Waals surface area contributed by atoms with E-state index in [0.29, 0.717) is 37.0 Å². The molecule has 1 atom stereocenters. The molecule has 0 unspecified atom stereocenters. The van der Waals surface area contributed by atoms with Crippen LogP contribution in [0, 0.1) is 0 Å². The van der Waals surface area contributed by atoms with Gasteiger partial charge in [0.05, 0.1) is 15.9 Å². The van der Waals surface area contributed by atoms with Crippen molar-refractivity contribution < 1.29 is 18.3 Å². The predicted octanol–water partition coefficient (Wildman–Crippen LogP) is 8.02. The predicted molar refractivity (Wildman–Crippen MR) is 177 cm³/mol. The second-order valence-electron chi connectivity index (χ2n) is 10.7. The zero-order chi connectivity index (χ0) is 30.9. The average Bonchev–Trinajstić information content (AvgIpc) is 3.05. The fourth-order valence-corrected chi connectivity index (χ4v) is 6.72. The summed E-state index contributed by atoms with van der Waals surface area (Å²) in [7, 11) is -3.70. The van der Waals surface area contributed by atoms with E-state index in [-0.39, 0.29) is 9.79 Å². The molecule has 0 bridgehead atoms. The third-order valence-corrected chi connectivity index (χ3v) is 9.58. The minimum absolute atomic E-state index is 0.217. The fourth-order valence-electron chi connectivity index (χ4n) is 5.21. The van der Waals surface area contributed by atoms with E-state index >= 15 is 0 Å². The third-order valence-electron chi connectivity index (χ3n) is 7.58. The zero-order valence-electron chi connectivity index (χ0n) is 24.6. The van der Waals surface area contributed by atoms with E-state index in [2.05, 4.69) is 17.0 Å². The maximum atomic E-state index is 13.5. The summed E-state index contributed by atoms with van der Waals surface area (Å²) in [5.74, 6) is 0.577. The first-order chi connectivity index (χ1) is 21.3. The summed E-state index contributed by atoms with van der Waals surface area (Å²) in [6.45, 7) is 3.99. The Morgan fingerprint density at radius 3 is 2.16 bits per heavy atom. The molecule has 0 aliphatic carbocycles. The van der Waals surface area contributed by atoms with Gasteiger partial charge < -0.3 is 9.84 Å². The molecule has 0 spiro atoms. The van der Waals surface area contributed by atoms with Crippen molar-refractivity contribution in [3.05, 3.63) is 149 Å². The summed E-state index contributed by atoms with van der Waals surface area (Å²) >= 11 is 6.14. The van der Waals surface area contributed by atoms with Gasteiger partial charge in [-0.15, -0.1) is 0 Å². The van der Waals surface area contributed by atoms with Crippen LogP contribution in [0.5, 0.6) is 5.75 Å². The van der Waals surface area contributed by atoms with Gasteiger partial charge in [-0.1, -0.05) is 97.4 Å². The van der Waals surface area contributed by atoms with E-state index in [9.17, 15) is 13.5 Å². The Morgan fingerprint density at radius 2 is 1.48 bits per heavy atom. The van der Waals surface area contributed by atoms with Gasteiger partial charge in [0.2, 0.25) is 9.84 Å². The van der Waals surface area contributed by atoms with Crippen LogP contribution in [0.15, 0.2) is 137 Å². The van der Waals surface area contributed by atoms with Gasteiger partial charge in [0, 0.05) is 24.7 Å². The number of benzene rings is 5. The molecular weight excluding hydrogens is 590 g/mol. The molecule has 0 heterocycles. The fraction of sp³-hybridized carbons (Fsp3) is 0.189. The number of aliphatic hydroxyl groups excluding tert-OH is 1. The van der Waals surface area contributed by atoms with Crippen LogP contribution in [0.1, 0.15) is 29.7 Å². The van der Waals surface area contributed by atoms with Gasteiger partial charge in [0.15, 0.2) is 0 Å². The van der Waals surface area contributed by atoms with Crippen LogP contribution in [0.2, 0.25) is 5.02 Å². The number of hydrogen-bond donors (Lipinski definition) is 1. The van der Waals surface area contributed by atoms with Gasteiger partial charge in [-0.2, -0.15) is 0 Å². The van der Waals surface area contributed by atoms with Gasteiger partial charge in [-0.25, -0.2) is 8.42 Å². The molecule has 5 rings (SSSR count). The Morgan fingerprint density at radius 1 is 0.795 bits per heavy atom. The zero-order valence-corrected chi connectivity index (χ0v) is 26.2. The molecule has 5 nitrogen and oxygen atoms in total. The summed E-state index contributed by atoms with van der Waals surface area (Å²) in [4.78, 5) is 2.62. The Kier molecular flexibility index (Phi) is 10.5. The quantitative estimate of drug-likeness (QED) is 0.144. The van der Waals surface area contributed by atoms with Crippen LogP contribution in [0.4, 0.5) is 0 Å². The molecule has 5 aromatic rings. The van der Waals surface area contributed by atoms with Crippen LogP contribution in [0.3, 0.4) is 0 Å². The molecule has 0 saturated carbocycles. The number of ether oxygens (including phenoxy) is 1. The van der Waals surface area contributed by atoms with Gasteiger partial charge in [-0.3, -0.25) is 4.90 Å². The second kappa shape index (κ2) is 14.7. The molecule has 0 aliphatic heterocycles. The lowest BCUT2D eigenvalue weighted by Crippen LogP contribution is -2.32. The van der Waals surface area contributed by atoms with E-state index < -0.39 is 15.9 Å². The van der Waals surface area contributed by atoms with Gasteiger partial charge in [0.25, 0.3) is 0 Å². The van der Waals surface area contributed by atoms with E-state index in [0.717, 1.165) is 34.2 Å². The van der Waals surface area contributed by atoms with Crippen LogP contribution in [-0.4, -0.2) is 38.1 Å². The molecule has 0 saturated heterocycles. The van der Waals surface area contributed by atoms with Crippen molar-refractivity contribution in [2.45, 2.75) is 35.8 Å². The van der Waals surface area contributed by atoms with Gasteiger partial charge >= 0.3 is 0 Å². The standard InChI is InChI=1S/C37H36ClNO4S/c1-2-29-25-35(20-21-36(29)30-12-7-4-8-13-30)44(41,42)34-18-16-33(17-19-34)43-23-22-39(26-28-10-5-3-6-11-28)27-37(40)31-14-9-15-32(38)24-31/h3-21,24-25,37,40H,2,22-23,26-27H2,1H3/t37-/m0/s1. The molecule has 0 aliphatic rings. The highest BCUT2D eigenvalue weighted by atomic mass is 35.5. The number of hydrogen-bond acceptors (Lipinski definition) is 5. The molecule has 5 aromatic carbocycles. The first kappa shape index (κ1) is 31.5. The lowest BCUT2D eigenvalue weighted by molar-refractivity contribution is 0.0986. The average molecular weight is 626 g/mol. The van der Waals surface area contributed by atoms with E-state index in [4.69, 9.17) is 16.3 Å². The molecule has 1 N–H and O–H groups in total. The van der Waals surface area contributed by atoms with Crippen molar-refractivity contribution in [3.63, 3.8) is 0 Å². The molecule has 0 aromatic heterocycles. The maximum Gasteiger partial charge on any atom is 0.206 e. The third kappa shape index (κ3) is 7.96. The van der Waals surface area contributed by atoms with Crippen LogP contribution >= 0.6 is 11.6 Å². The molecule has 0 radical (unpaired) electrons. The number of aliphatic hydroxyl groups is 1. The van der Waals surface area contributed by atoms with E-state index in [1.165, 1.54) is 0 Å². The van der Waals surface area contributed by atoms with E-state index in [1.807, 2.05) is 73.7 Å². The lowest BCUT2D eigenvalue weighted by atomic mass is 9.98. The summed E-state index contributed by atoms with van der Waals surface area (Å²) in [6, 6.07) is 39.2. The minimum Gasteiger partial charge on any atom is -0.492 e. The SMILES string of the molecule is CCc1cc(S(=O)(=O)c2ccc(OCCN(Cc3ccccc3)C[C@H](O)c3cccc(Cl)c3)cc2)ccc1-c1ccccc1. The number of halogens is 1. The molecule has 226 valence electrons. The summed E-state index contributed by atoms with van der Waals surface area (Å²) in [6.07, 6.45) is 0.00880. The lowest BCUT2D eigenvalue weighted by Gasteiger charge is -2.25. The normalized spacial score (nSPS) is 12.3. The van der Waals surface area contributed by atoms with E-state index in [1.54, 1.807) is 48.5 Å². The first-order valence-electron chi connectivity index (χ1n) is 14.7. The Labute approximate surface area is 265 Å².